The monoisotopic (exact) mass is 427 g/mol. The number of halogens is 4. The third-order valence-electron chi connectivity index (χ3n) is 3.69. The maximum Gasteiger partial charge on any atom is 0.387 e. The van der Waals surface area contributed by atoms with Crippen LogP contribution >= 0.6 is 11.8 Å². The van der Waals surface area contributed by atoms with E-state index < -0.39 is 25.0 Å². The minimum absolute atomic E-state index is 0.0461. The smallest absolute Gasteiger partial charge is 0.387 e. The van der Waals surface area contributed by atoms with Gasteiger partial charge < -0.3 is 4.74 Å². The zero-order valence-electron chi connectivity index (χ0n) is 14.5. The average Bonchev–Trinajstić information content (AvgIpc) is 3.05. The summed E-state index contributed by atoms with van der Waals surface area (Å²) in [6, 6.07) is 11.1. The molecule has 152 valence electrons. The van der Waals surface area contributed by atoms with Crippen molar-refractivity contribution in [1.29, 1.82) is 0 Å². The van der Waals surface area contributed by atoms with Crippen molar-refractivity contribution in [2.45, 2.75) is 18.3 Å². The van der Waals surface area contributed by atoms with Gasteiger partial charge in [0.1, 0.15) is 5.75 Å². The number of alkyl halides is 4. The second-order valence-corrected chi connectivity index (χ2v) is 6.54. The van der Waals surface area contributed by atoms with Crippen LogP contribution in [0.4, 0.5) is 17.6 Å². The predicted molar refractivity (Wildman–Crippen MR) is 97.3 cm³/mol. The summed E-state index contributed by atoms with van der Waals surface area (Å²) in [4.78, 5) is 28.1. The van der Waals surface area contributed by atoms with Crippen LogP contribution in [-0.2, 0) is 4.79 Å². The van der Waals surface area contributed by atoms with Gasteiger partial charge in [-0.2, -0.15) is 17.6 Å². The quantitative estimate of drug-likeness (QED) is 0.454. The number of amides is 2. The molecular formula is C18H13F4N3O3S. The number of hydrogen-bond donors (Lipinski definition) is 1. The lowest BCUT2D eigenvalue weighted by molar-refractivity contribution is -0.117. The first-order valence-electron chi connectivity index (χ1n) is 8.12. The molecule has 0 aliphatic heterocycles. The molecule has 0 fully saturated rings. The van der Waals surface area contributed by atoms with E-state index in [0.29, 0.717) is 10.1 Å². The summed E-state index contributed by atoms with van der Waals surface area (Å²) >= 11 is 0.760. The first kappa shape index (κ1) is 20.6. The van der Waals surface area contributed by atoms with Crippen LogP contribution in [-0.4, -0.2) is 33.7 Å². The molecule has 2 aromatic carbocycles. The van der Waals surface area contributed by atoms with Gasteiger partial charge >= 0.3 is 13.2 Å². The molecule has 0 unspecified atom stereocenters. The molecule has 0 aliphatic carbocycles. The van der Waals surface area contributed by atoms with Gasteiger partial charge in [-0.25, -0.2) is 4.98 Å². The minimum Gasteiger partial charge on any atom is -0.435 e. The molecular weight excluding hydrogens is 414 g/mol. The molecule has 1 aromatic heterocycles. The van der Waals surface area contributed by atoms with Crippen LogP contribution in [0.1, 0.15) is 16.9 Å². The van der Waals surface area contributed by atoms with Crippen molar-refractivity contribution in [2.24, 2.45) is 0 Å². The Morgan fingerprint density at radius 3 is 2.41 bits per heavy atom. The van der Waals surface area contributed by atoms with E-state index in [9.17, 15) is 27.2 Å². The van der Waals surface area contributed by atoms with Gasteiger partial charge in [0.15, 0.2) is 5.16 Å². The molecule has 0 saturated carbocycles. The fraction of sp³-hybridized carbons (Fsp3) is 0.167. The van der Waals surface area contributed by atoms with E-state index in [0.717, 1.165) is 23.9 Å². The van der Waals surface area contributed by atoms with Crippen LogP contribution in [0.15, 0.2) is 53.7 Å². The first-order valence-corrected chi connectivity index (χ1v) is 9.10. The van der Waals surface area contributed by atoms with Crippen LogP contribution in [0.5, 0.6) is 5.75 Å². The number of thioether (sulfide) groups is 1. The highest BCUT2D eigenvalue weighted by Gasteiger charge is 2.19. The lowest BCUT2D eigenvalue weighted by atomic mass is 10.2. The van der Waals surface area contributed by atoms with Crippen LogP contribution in [0, 0.1) is 0 Å². The normalized spacial score (nSPS) is 11.2. The summed E-state index contributed by atoms with van der Waals surface area (Å²) in [7, 11) is 0. The fourth-order valence-corrected chi connectivity index (χ4v) is 3.28. The van der Waals surface area contributed by atoms with Crippen LogP contribution < -0.4 is 10.1 Å². The summed E-state index contributed by atoms with van der Waals surface area (Å²) in [5, 5.41) is 2.04. The van der Waals surface area contributed by atoms with Gasteiger partial charge in [-0.1, -0.05) is 23.9 Å². The molecule has 0 bridgehead atoms. The van der Waals surface area contributed by atoms with Crippen molar-refractivity contribution in [3.8, 4) is 5.75 Å². The van der Waals surface area contributed by atoms with Gasteiger partial charge in [0.25, 0.3) is 5.91 Å². The Balaban J connectivity index is 1.62. The summed E-state index contributed by atoms with van der Waals surface area (Å²) in [6.45, 7) is -5.84. The molecule has 0 aliphatic rings. The lowest BCUT2D eigenvalue weighted by Gasteiger charge is -2.08. The molecule has 0 radical (unpaired) electrons. The molecule has 2 amide bonds. The number of ether oxygens (including phenoxy) is 1. The topological polar surface area (TPSA) is 73.2 Å². The molecule has 29 heavy (non-hydrogen) atoms. The van der Waals surface area contributed by atoms with Gasteiger partial charge in [-0.15, -0.1) is 0 Å². The van der Waals surface area contributed by atoms with Crippen molar-refractivity contribution < 1.29 is 31.9 Å². The number of rotatable bonds is 7. The third-order valence-corrected chi connectivity index (χ3v) is 4.64. The number of nitrogens with zero attached hydrogens (tertiary/aromatic N) is 2. The van der Waals surface area contributed by atoms with E-state index in [2.05, 4.69) is 15.0 Å². The predicted octanol–water partition coefficient (Wildman–Crippen LogP) is 4.08. The lowest BCUT2D eigenvalue weighted by Crippen LogP contribution is -2.31. The van der Waals surface area contributed by atoms with Crippen molar-refractivity contribution in [1.82, 2.24) is 14.9 Å². The second kappa shape index (κ2) is 8.95. The molecule has 0 spiro atoms. The number of benzene rings is 2. The van der Waals surface area contributed by atoms with Crippen molar-refractivity contribution in [3.63, 3.8) is 0 Å². The number of carbonyl (C=O) groups excluding carboxylic acids is 2. The molecule has 11 heteroatoms. The number of para-hydroxylation sites is 2. The van der Waals surface area contributed by atoms with Gasteiger partial charge in [-0.05, 0) is 36.4 Å². The molecule has 1 heterocycles. The van der Waals surface area contributed by atoms with Gasteiger partial charge in [0.05, 0.1) is 16.8 Å². The highest BCUT2D eigenvalue weighted by molar-refractivity contribution is 7.99. The van der Waals surface area contributed by atoms with Crippen LogP contribution in [0.2, 0.25) is 0 Å². The number of aromatic nitrogens is 2. The van der Waals surface area contributed by atoms with E-state index in [4.69, 9.17) is 0 Å². The third kappa shape index (κ3) is 5.05. The Hall–Kier alpha value is -3.08. The number of hydrogen-bond acceptors (Lipinski definition) is 5. The number of carbonyl (C=O) groups is 2. The van der Waals surface area contributed by atoms with E-state index in [-0.39, 0.29) is 27.7 Å². The van der Waals surface area contributed by atoms with Crippen molar-refractivity contribution in [2.75, 3.05) is 5.75 Å². The summed E-state index contributed by atoms with van der Waals surface area (Å²) in [5.41, 5.74) is 0.635. The standard InChI is InChI=1S/C18H13F4N3O3S/c19-16(20)25-13-4-2-1-3-12(13)23-18(25)29-9-14(26)24-15(27)10-5-7-11(8-6-10)28-17(21)22/h1-8,16-17H,9H2,(H,24,26,27). The average molecular weight is 427 g/mol. The van der Waals surface area contributed by atoms with Gasteiger partial charge in [0, 0.05) is 5.56 Å². The highest BCUT2D eigenvalue weighted by Crippen LogP contribution is 2.29. The second-order valence-electron chi connectivity index (χ2n) is 5.60. The highest BCUT2D eigenvalue weighted by atomic mass is 32.2. The number of nitrogens with one attached hydrogen (secondary N) is 1. The van der Waals surface area contributed by atoms with Crippen LogP contribution in [0.3, 0.4) is 0 Å². The molecule has 1 N–H and O–H groups in total. The molecule has 3 aromatic rings. The Labute approximate surface area is 165 Å². The van der Waals surface area contributed by atoms with Crippen molar-refractivity contribution >= 4 is 34.6 Å². The summed E-state index contributed by atoms with van der Waals surface area (Å²) in [5.74, 6) is -1.94. The zero-order chi connectivity index (χ0) is 21.0. The maximum absolute atomic E-state index is 13.4. The molecule has 0 atom stereocenters. The summed E-state index contributed by atoms with van der Waals surface area (Å²) < 4.78 is 55.8. The molecule has 0 saturated heterocycles. The maximum atomic E-state index is 13.4. The van der Waals surface area contributed by atoms with Crippen LogP contribution in [0.25, 0.3) is 11.0 Å². The molecule has 3 rings (SSSR count). The Kier molecular flexibility index (Phi) is 6.37. The Morgan fingerprint density at radius 1 is 1.07 bits per heavy atom. The van der Waals surface area contributed by atoms with E-state index >= 15 is 0 Å². The Bertz CT molecular complexity index is 1020. The van der Waals surface area contributed by atoms with E-state index in [1.54, 1.807) is 18.2 Å². The largest absolute Gasteiger partial charge is 0.435 e. The van der Waals surface area contributed by atoms with E-state index in [1.165, 1.54) is 18.2 Å². The zero-order valence-corrected chi connectivity index (χ0v) is 15.3. The van der Waals surface area contributed by atoms with Gasteiger partial charge in [0.2, 0.25) is 5.91 Å². The van der Waals surface area contributed by atoms with Gasteiger partial charge in [-0.3, -0.25) is 19.5 Å². The summed E-state index contributed by atoms with van der Waals surface area (Å²) in [6.07, 6.45) is 0. The Morgan fingerprint density at radius 2 is 1.76 bits per heavy atom. The van der Waals surface area contributed by atoms with E-state index in [1.807, 2.05) is 0 Å². The minimum atomic E-state index is -2.99. The SMILES string of the molecule is O=C(CSc1nc2ccccc2n1C(F)F)NC(=O)c1ccc(OC(F)F)cc1. The van der Waals surface area contributed by atoms with Crippen molar-refractivity contribution in [3.05, 3.63) is 54.1 Å². The number of imidazole rings is 1. The first-order chi connectivity index (χ1) is 13.8. The number of imide groups is 1. The fourth-order valence-electron chi connectivity index (χ4n) is 2.47. The molecule has 6 nitrogen and oxygen atoms in total. The number of fused-ring (bicyclic) bond motifs is 1.